The summed E-state index contributed by atoms with van der Waals surface area (Å²) in [6, 6.07) is 19.1. The first kappa shape index (κ1) is 28.2. The third kappa shape index (κ3) is 6.79. The summed E-state index contributed by atoms with van der Waals surface area (Å²) >= 11 is 0. The molecule has 1 heterocycles. The molecule has 4 rings (SSSR count). The van der Waals surface area contributed by atoms with E-state index in [1.165, 1.54) is 59.4 Å². The Hall–Kier alpha value is -4.81. The lowest BCUT2D eigenvalue weighted by atomic mass is 10.1. The number of benzene rings is 3. The van der Waals surface area contributed by atoms with Gasteiger partial charge in [0, 0.05) is 17.4 Å². The van der Waals surface area contributed by atoms with Gasteiger partial charge in [-0.1, -0.05) is 29.8 Å². The van der Waals surface area contributed by atoms with Gasteiger partial charge in [-0.2, -0.15) is 5.10 Å². The first-order chi connectivity index (χ1) is 19.0. The minimum atomic E-state index is -3.87. The number of anilines is 1. The fourth-order valence-electron chi connectivity index (χ4n) is 3.68. The highest BCUT2D eigenvalue weighted by atomic mass is 32.2. The number of hydrogen-bond acceptors (Lipinski definition) is 8. The Labute approximate surface area is 230 Å². The number of nitrogens with two attached hydrogens (primary N) is 1. The van der Waals surface area contributed by atoms with Crippen molar-refractivity contribution in [2.75, 3.05) is 18.5 Å². The molecule has 0 saturated heterocycles. The molecule has 0 aliphatic heterocycles. The molecule has 11 nitrogen and oxygen atoms in total. The van der Waals surface area contributed by atoms with E-state index in [0.717, 1.165) is 5.56 Å². The molecule has 1 aromatic heterocycles. The van der Waals surface area contributed by atoms with Gasteiger partial charge in [0.15, 0.2) is 6.61 Å². The highest BCUT2D eigenvalue weighted by molar-refractivity contribution is 7.89. The van der Waals surface area contributed by atoms with E-state index in [0.29, 0.717) is 28.2 Å². The van der Waals surface area contributed by atoms with Crippen LogP contribution in [-0.4, -0.2) is 49.3 Å². The fraction of sp³-hybridized carbons (Fsp3) is 0.143. The second-order valence-electron chi connectivity index (χ2n) is 8.66. The second-order valence-corrected chi connectivity index (χ2v) is 10.2. The smallest absolute Gasteiger partial charge is 0.342 e. The summed E-state index contributed by atoms with van der Waals surface area (Å²) in [5.41, 5.74) is 3.29. The van der Waals surface area contributed by atoms with E-state index in [1.807, 2.05) is 19.1 Å². The standard InChI is InChI=1S/C28H26N4O7S/c1-3-38-27(34)20-8-10-21(11-9-20)30-25(33)17-39-28(35)24-16-32(22-12-14-23(15-13-22)40(29,36)37)31-26(24)19-6-4-18(2)5-7-19/h4-16H,3,17H2,1-2H3,(H,30,33)(H2,29,36,37). The van der Waals surface area contributed by atoms with Crippen molar-refractivity contribution < 1.29 is 32.3 Å². The van der Waals surface area contributed by atoms with Crippen molar-refractivity contribution in [2.45, 2.75) is 18.7 Å². The van der Waals surface area contributed by atoms with Crippen molar-refractivity contribution in [2.24, 2.45) is 5.14 Å². The van der Waals surface area contributed by atoms with Gasteiger partial charge in [-0.05, 0) is 62.4 Å². The number of carbonyl (C=O) groups excluding carboxylic acids is 3. The summed E-state index contributed by atoms with van der Waals surface area (Å²) in [7, 11) is -3.87. The maximum Gasteiger partial charge on any atom is 0.342 e. The predicted octanol–water partition coefficient (Wildman–Crippen LogP) is 3.47. The van der Waals surface area contributed by atoms with Gasteiger partial charge in [0.05, 0.1) is 22.8 Å². The Morgan fingerprint density at radius 1 is 0.900 bits per heavy atom. The highest BCUT2D eigenvalue weighted by Crippen LogP contribution is 2.25. The van der Waals surface area contributed by atoms with Crippen LogP contribution in [0.25, 0.3) is 16.9 Å². The first-order valence-electron chi connectivity index (χ1n) is 12.1. The lowest BCUT2D eigenvalue weighted by molar-refractivity contribution is -0.119. The number of hydrogen-bond donors (Lipinski definition) is 2. The third-order valence-corrected chi connectivity index (χ3v) is 6.63. The van der Waals surface area contributed by atoms with Crippen LogP contribution in [0.1, 0.15) is 33.2 Å². The van der Waals surface area contributed by atoms with Gasteiger partial charge in [0.2, 0.25) is 10.0 Å². The van der Waals surface area contributed by atoms with Crippen molar-refractivity contribution >= 4 is 33.6 Å². The van der Waals surface area contributed by atoms with E-state index in [4.69, 9.17) is 14.6 Å². The predicted molar refractivity (Wildman–Crippen MR) is 146 cm³/mol. The number of amides is 1. The van der Waals surface area contributed by atoms with E-state index >= 15 is 0 Å². The molecule has 12 heteroatoms. The average molecular weight is 563 g/mol. The van der Waals surface area contributed by atoms with Gasteiger partial charge in [-0.3, -0.25) is 4.79 Å². The molecular weight excluding hydrogens is 536 g/mol. The minimum absolute atomic E-state index is 0.0664. The zero-order chi connectivity index (χ0) is 28.9. The lowest BCUT2D eigenvalue weighted by Gasteiger charge is -2.08. The number of esters is 2. The Bertz CT molecular complexity index is 1640. The number of rotatable bonds is 9. The Morgan fingerprint density at radius 2 is 1.55 bits per heavy atom. The van der Waals surface area contributed by atoms with Crippen LogP contribution in [0.5, 0.6) is 0 Å². The Kier molecular flexibility index (Phi) is 8.41. The summed E-state index contributed by atoms with van der Waals surface area (Å²) in [5, 5.41) is 12.3. The van der Waals surface area contributed by atoms with E-state index in [1.54, 1.807) is 19.1 Å². The largest absolute Gasteiger partial charge is 0.462 e. The Balaban J connectivity index is 1.51. The molecule has 40 heavy (non-hydrogen) atoms. The van der Waals surface area contributed by atoms with E-state index in [9.17, 15) is 22.8 Å². The van der Waals surface area contributed by atoms with Crippen LogP contribution in [0.4, 0.5) is 5.69 Å². The lowest BCUT2D eigenvalue weighted by Crippen LogP contribution is -2.21. The van der Waals surface area contributed by atoms with Crippen molar-refractivity contribution in [1.29, 1.82) is 0 Å². The number of sulfonamides is 1. The molecule has 4 aromatic rings. The number of ether oxygens (including phenoxy) is 2. The molecule has 0 saturated carbocycles. The zero-order valence-electron chi connectivity index (χ0n) is 21.7. The number of primary sulfonamides is 1. The van der Waals surface area contributed by atoms with Crippen LogP contribution in [0.15, 0.2) is 83.9 Å². The normalized spacial score (nSPS) is 11.1. The second kappa shape index (κ2) is 11.9. The van der Waals surface area contributed by atoms with Crippen LogP contribution in [0.3, 0.4) is 0 Å². The molecule has 0 radical (unpaired) electrons. The average Bonchev–Trinajstić information content (AvgIpc) is 3.38. The van der Waals surface area contributed by atoms with Gasteiger partial charge in [-0.25, -0.2) is 27.8 Å². The monoisotopic (exact) mass is 562 g/mol. The quantitative estimate of drug-likeness (QED) is 0.293. The van der Waals surface area contributed by atoms with E-state index in [2.05, 4.69) is 10.4 Å². The van der Waals surface area contributed by atoms with Gasteiger partial charge in [-0.15, -0.1) is 0 Å². The van der Waals surface area contributed by atoms with Crippen LogP contribution >= 0.6 is 0 Å². The summed E-state index contributed by atoms with van der Waals surface area (Å²) in [4.78, 5) is 37.2. The molecule has 3 N–H and O–H groups in total. The molecular formula is C28H26N4O7S. The first-order valence-corrected chi connectivity index (χ1v) is 13.6. The SMILES string of the molecule is CCOC(=O)c1ccc(NC(=O)COC(=O)c2cn(-c3ccc(S(N)(=O)=O)cc3)nc2-c2ccc(C)cc2)cc1. The van der Waals surface area contributed by atoms with E-state index < -0.39 is 34.5 Å². The number of nitrogens with zero attached hydrogens (tertiary/aromatic N) is 2. The molecule has 1 amide bonds. The maximum atomic E-state index is 13.1. The highest BCUT2D eigenvalue weighted by Gasteiger charge is 2.21. The summed E-state index contributed by atoms with van der Waals surface area (Å²) in [6.07, 6.45) is 1.44. The van der Waals surface area contributed by atoms with Crippen molar-refractivity contribution in [1.82, 2.24) is 9.78 Å². The molecule has 206 valence electrons. The van der Waals surface area contributed by atoms with Gasteiger partial charge < -0.3 is 14.8 Å². The van der Waals surface area contributed by atoms with Crippen LogP contribution < -0.4 is 10.5 Å². The third-order valence-electron chi connectivity index (χ3n) is 5.70. The van der Waals surface area contributed by atoms with Crippen LogP contribution in [-0.2, 0) is 24.3 Å². The zero-order valence-corrected chi connectivity index (χ0v) is 22.5. The van der Waals surface area contributed by atoms with Gasteiger partial charge in [0.25, 0.3) is 5.91 Å². The maximum absolute atomic E-state index is 13.1. The topological polar surface area (TPSA) is 160 Å². The Morgan fingerprint density at radius 3 is 2.15 bits per heavy atom. The summed E-state index contributed by atoms with van der Waals surface area (Å²) in [5.74, 6) is -1.84. The molecule has 0 aliphatic carbocycles. The minimum Gasteiger partial charge on any atom is -0.462 e. The molecule has 0 aliphatic rings. The number of carbonyl (C=O) groups is 3. The van der Waals surface area contributed by atoms with Crippen molar-refractivity contribution in [3.05, 3.63) is 95.7 Å². The number of aromatic nitrogens is 2. The number of nitrogens with one attached hydrogen (secondary N) is 1. The van der Waals surface area contributed by atoms with Gasteiger partial charge in [0.1, 0.15) is 11.3 Å². The van der Waals surface area contributed by atoms with Crippen LogP contribution in [0, 0.1) is 6.92 Å². The van der Waals surface area contributed by atoms with Crippen LogP contribution in [0.2, 0.25) is 0 Å². The summed E-state index contributed by atoms with van der Waals surface area (Å²) < 4.78 is 34.8. The van der Waals surface area contributed by atoms with Crippen molar-refractivity contribution in [3.63, 3.8) is 0 Å². The summed E-state index contributed by atoms with van der Waals surface area (Å²) in [6.45, 7) is 3.31. The van der Waals surface area contributed by atoms with Gasteiger partial charge >= 0.3 is 11.9 Å². The molecule has 0 fully saturated rings. The molecule has 0 spiro atoms. The fourth-order valence-corrected chi connectivity index (χ4v) is 4.19. The number of aryl methyl sites for hydroxylation is 1. The molecule has 0 bridgehead atoms. The molecule has 0 unspecified atom stereocenters. The molecule has 0 atom stereocenters. The van der Waals surface area contributed by atoms with E-state index in [-0.39, 0.29) is 17.1 Å². The van der Waals surface area contributed by atoms with Crippen molar-refractivity contribution in [3.8, 4) is 16.9 Å². The molecule has 3 aromatic carbocycles.